The second-order valence-electron chi connectivity index (χ2n) is 7.23. The van der Waals surface area contributed by atoms with Crippen LogP contribution in [-0.4, -0.2) is 62.6 Å². The van der Waals surface area contributed by atoms with E-state index < -0.39 is 24.2 Å². The van der Waals surface area contributed by atoms with Gasteiger partial charge in [-0.05, 0) is 41.5 Å². The maximum Gasteiger partial charge on any atom is 0.339 e. The van der Waals surface area contributed by atoms with Crippen LogP contribution >= 0.6 is 0 Å². The smallest absolute Gasteiger partial charge is 0.339 e. The van der Waals surface area contributed by atoms with E-state index in [9.17, 15) is 29.7 Å². The fraction of sp³-hybridized carbons (Fsp3) is 0.368. The van der Waals surface area contributed by atoms with Gasteiger partial charge in [-0.1, -0.05) is 0 Å². The Hall–Kier alpha value is -3.96. The van der Waals surface area contributed by atoms with Crippen molar-refractivity contribution in [3.8, 4) is 0 Å². The molecule has 0 bridgehead atoms. The molecule has 3 aromatic heterocycles. The number of carboxylic acid groups (broad SMARTS) is 3. The van der Waals surface area contributed by atoms with Crippen LogP contribution in [0.15, 0.2) is 0 Å². The molecule has 0 saturated carbocycles. The molecule has 0 aliphatic rings. The van der Waals surface area contributed by atoms with Gasteiger partial charge in [0.15, 0.2) is 0 Å². The Kier molecular flexibility index (Phi) is 5.17. The van der Waals surface area contributed by atoms with Crippen molar-refractivity contribution in [2.75, 3.05) is 0 Å². The minimum absolute atomic E-state index is 0.00928. The number of aromatic nitrogens is 6. The van der Waals surface area contributed by atoms with E-state index in [-0.39, 0.29) is 50.9 Å². The topological polar surface area (TPSA) is 165 Å². The lowest BCUT2D eigenvalue weighted by atomic mass is 10.2. The first-order valence-corrected chi connectivity index (χ1v) is 9.25. The number of aryl methyl sites for hydroxylation is 3. The number of nitrogens with zero attached hydrogens (tertiary/aromatic N) is 6. The first-order valence-electron chi connectivity index (χ1n) is 9.25. The number of hydrogen-bond acceptors (Lipinski definition) is 6. The first kappa shape index (κ1) is 21.7. The molecule has 3 N–H and O–H groups in total. The lowest BCUT2D eigenvalue weighted by Crippen LogP contribution is -2.31. The highest BCUT2D eigenvalue weighted by Gasteiger charge is 2.32. The zero-order valence-corrected chi connectivity index (χ0v) is 17.8. The Balaban J connectivity index is 2.41. The summed E-state index contributed by atoms with van der Waals surface area (Å²) >= 11 is 0. The Bertz CT molecular complexity index is 1090. The van der Waals surface area contributed by atoms with Gasteiger partial charge in [-0.25, -0.2) is 28.4 Å². The molecule has 0 unspecified atom stereocenters. The predicted octanol–water partition coefficient (Wildman–Crippen LogP) is 1.77. The van der Waals surface area contributed by atoms with Crippen molar-refractivity contribution >= 4 is 17.9 Å². The molecule has 3 rings (SSSR count). The summed E-state index contributed by atoms with van der Waals surface area (Å²) in [5, 5.41) is 41.8. The van der Waals surface area contributed by atoms with E-state index in [1.54, 1.807) is 20.8 Å². The van der Waals surface area contributed by atoms with Crippen molar-refractivity contribution in [2.24, 2.45) is 0 Å². The molecule has 0 atom stereocenters. The van der Waals surface area contributed by atoms with Crippen molar-refractivity contribution in [1.82, 2.24) is 29.3 Å². The van der Waals surface area contributed by atoms with Crippen molar-refractivity contribution < 1.29 is 29.7 Å². The van der Waals surface area contributed by atoms with Crippen molar-refractivity contribution in [1.29, 1.82) is 0 Å². The summed E-state index contributed by atoms with van der Waals surface area (Å²) in [6.07, 6.45) is -1.06. The maximum absolute atomic E-state index is 11.7. The van der Waals surface area contributed by atoms with Crippen molar-refractivity contribution in [2.45, 2.75) is 47.8 Å². The lowest BCUT2D eigenvalue weighted by molar-refractivity contribution is 0.0684. The predicted molar refractivity (Wildman–Crippen MR) is 106 cm³/mol. The average Bonchev–Trinajstić information content (AvgIpc) is 3.20. The number of carboxylic acids is 3. The molecule has 0 aromatic carbocycles. The van der Waals surface area contributed by atoms with Gasteiger partial charge in [-0.3, -0.25) is 0 Å². The van der Waals surface area contributed by atoms with E-state index in [0.29, 0.717) is 0 Å². The third-order valence-electron chi connectivity index (χ3n) is 5.27. The molecule has 0 aliphatic carbocycles. The highest BCUT2D eigenvalue weighted by atomic mass is 16.4. The van der Waals surface area contributed by atoms with E-state index >= 15 is 0 Å². The van der Waals surface area contributed by atoms with Gasteiger partial charge in [-0.15, -0.1) is 0 Å². The standard InChI is InChI=1S/C19H22N6O6/c1-7-13(16(26)27)10(4)23(20-7)19(24-11(5)14(17(28)29)8(2)21-24)25-12(6)15(18(30)31)9(3)22-25/h19H,1-6H3,(H,26,27)(H,28,29)(H,30,31). The summed E-state index contributed by atoms with van der Waals surface area (Å²) in [5.41, 5.74) is 1.55. The van der Waals surface area contributed by atoms with Gasteiger partial charge < -0.3 is 15.3 Å². The minimum atomic E-state index is -1.17. The Morgan fingerprint density at radius 2 is 0.806 bits per heavy atom. The molecule has 0 amide bonds. The molecule has 31 heavy (non-hydrogen) atoms. The van der Waals surface area contributed by atoms with Gasteiger partial charge in [0.2, 0.25) is 6.29 Å². The average molecular weight is 430 g/mol. The van der Waals surface area contributed by atoms with Crippen LogP contribution in [0.25, 0.3) is 0 Å². The zero-order chi connectivity index (χ0) is 23.4. The van der Waals surface area contributed by atoms with Crippen LogP contribution in [0.1, 0.15) is 71.5 Å². The monoisotopic (exact) mass is 430 g/mol. The molecule has 12 nitrogen and oxygen atoms in total. The van der Waals surface area contributed by atoms with E-state index in [2.05, 4.69) is 15.3 Å². The third-order valence-corrected chi connectivity index (χ3v) is 5.27. The van der Waals surface area contributed by atoms with Gasteiger partial charge in [0, 0.05) is 0 Å². The van der Waals surface area contributed by atoms with E-state index in [1.807, 2.05) is 0 Å². The van der Waals surface area contributed by atoms with E-state index in [4.69, 9.17) is 0 Å². The third kappa shape index (κ3) is 3.25. The highest BCUT2D eigenvalue weighted by Crippen LogP contribution is 2.27. The number of hydrogen-bond donors (Lipinski definition) is 3. The Morgan fingerprint density at radius 1 is 0.581 bits per heavy atom. The summed E-state index contributed by atoms with van der Waals surface area (Å²) in [5.74, 6) is -3.50. The largest absolute Gasteiger partial charge is 0.478 e. The fourth-order valence-electron chi connectivity index (χ4n) is 3.90. The van der Waals surface area contributed by atoms with Crippen molar-refractivity contribution in [3.63, 3.8) is 0 Å². The SMILES string of the molecule is Cc1nn(C(n2nc(C)c(C(=O)O)c2C)n2nc(C)c(C(=O)O)c2C)c(C)c1C(=O)O. The number of carbonyl (C=O) groups is 3. The highest BCUT2D eigenvalue weighted by molar-refractivity contribution is 5.91. The Labute approximate surface area is 176 Å². The molecule has 164 valence electrons. The first-order chi connectivity index (χ1) is 14.4. The molecule has 0 saturated heterocycles. The number of rotatable bonds is 6. The van der Waals surface area contributed by atoms with E-state index in [1.165, 1.54) is 34.8 Å². The molecule has 3 heterocycles. The molecule has 0 fully saturated rings. The molecule has 3 aromatic rings. The maximum atomic E-state index is 11.7. The summed E-state index contributed by atoms with van der Waals surface area (Å²) in [6, 6.07) is 0. The van der Waals surface area contributed by atoms with Gasteiger partial charge >= 0.3 is 17.9 Å². The normalized spacial score (nSPS) is 11.3. The summed E-state index contributed by atoms with van der Waals surface area (Å²) in [4.78, 5) is 35.2. The van der Waals surface area contributed by atoms with E-state index in [0.717, 1.165) is 0 Å². The van der Waals surface area contributed by atoms with Gasteiger partial charge in [0.25, 0.3) is 0 Å². The zero-order valence-electron chi connectivity index (χ0n) is 17.8. The van der Waals surface area contributed by atoms with Crippen LogP contribution in [0, 0.1) is 41.5 Å². The molecular weight excluding hydrogens is 408 g/mol. The van der Waals surface area contributed by atoms with Crippen LogP contribution in [-0.2, 0) is 0 Å². The van der Waals surface area contributed by atoms with Crippen LogP contribution in [0.5, 0.6) is 0 Å². The molecule has 12 heteroatoms. The van der Waals surface area contributed by atoms with Gasteiger partial charge in [0.05, 0.1) is 34.2 Å². The Morgan fingerprint density at radius 3 is 0.968 bits per heavy atom. The quantitative estimate of drug-likeness (QED) is 0.528. The minimum Gasteiger partial charge on any atom is -0.478 e. The van der Waals surface area contributed by atoms with Crippen LogP contribution in [0.3, 0.4) is 0 Å². The second kappa shape index (κ2) is 7.38. The van der Waals surface area contributed by atoms with Gasteiger partial charge in [-0.2, -0.15) is 15.3 Å². The summed E-state index contributed by atoms with van der Waals surface area (Å²) < 4.78 is 4.07. The summed E-state index contributed by atoms with van der Waals surface area (Å²) in [6.45, 7) is 9.30. The van der Waals surface area contributed by atoms with Gasteiger partial charge in [0.1, 0.15) is 16.7 Å². The molecular formula is C19H22N6O6. The molecule has 0 spiro atoms. The van der Waals surface area contributed by atoms with Crippen LogP contribution in [0.4, 0.5) is 0 Å². The number of aromatic carboxylic acids is 3. The van der Waals surface area contributed by atoms with Crippen LogP contribution in [0.2, 0.25) is 0 Å². The summed E-state index contributed by atoms with van der Waals surface area (Å²) in [7, 11) is 0. The fourth-order valence-corrected chi connectivity index (χ4v) is 3.90. The molecule has 0 radical (unpaired) electrons. The second-order valence-corrected chi connectivity index (χ2v) is 7.23. The van der Waals surface area contributed by atoms with Crippen LogP contribution < -0.4 is 0 Å². The van der Waals surface area contributed by atoms with Crippen molar-refractivity contribution in [3.05, 3.63) is 50.9 Å². The lowest BCUT2D eigenvalue weighted by Gasteiger charge is -2.23. The molecule has 0 aliphatic heterocycles.